The van der Waals surface area contributed by atoms with E-state index in [0.717, 1.165) is 23.0 Å². The number of anilines is 1. The van der Waals surface area contributed by atoms with Crippen molar-refractivity contribution in [3.8, 4) is 0 Å². The molecule has 1 unspecified atom stereocenters. The van der Waals surface area contributed by atoms with Crippen LogP contribution in [0.3, 0.4) is 0 Å². The minimum Gasteiger partial charge on any atom is -0.324 e. The number of carbonyl (C=O) groups is 1. The Kier molecular flexibility index (Phi) is 3.81. The van der Waals surface area contributed by atoms with Crippen molar-refractivity contribution in [3.63, 3.8) is 0 Å². The molecule has 4 nitrogen and oxygen atoms in total. The van der Waals surface area contributed by atoms with Crippen LogP contribution in [-0.4, -0.2) is 16.4 Å². The predicted octanol–water partition coefficient (Wildman–Crippen LogP) is 2.69. The molecule has 100 valence electrons. The van der Waals surface area contributed by atoms with Crippen LogP contribution in [0.5, 0.6) is 0 Å². The van der Waals surface area contributed by atoms with Gasteiger partial charge in [-0.2, -0.15) is 0 Å². The topological polar surface area (TPSA) is 68.0 Å². The van der Waals surface area contributed by atoms with E-state index in [2.05, 4.69) is 10.3 Å². The third kappa shape index (κ3) is 2.90. The average Bonchev–Trinajstić information content (AvgIpc) is 2.39. The molecule has 0 aliphatic rings. The Balaban J connectivity index is 2.29. The highest BCUT2D eigenvalue weighted by Crippen LogP contribution is 2.22. The molecule has 0 radical (unpaired) electrons. The van der Waals surface area contributed by atoms with Gasteiger partial charge < -0.3 is 11.1 Å². The molecule has 0 spiro atoms. The van der Waals surface area contributed by atoms with E-state index in [1.807, 2.05) is 37.3 Å². The van der Waals surface area contributed by atoms with E-state index >= 15 is 0 Å². The van der Waals surface area contributed by atoms with Crippen molar-refractivity contribution in [2.24, 2.45) is 5.73 Å². The first-order chi connectivity index (χ1) is 9.04. The van der Waals surface area contributed by atoms with Gasteiger partial charge in [0.2, 0.25) is 5.91 Å². The van der Waals surface area contributed by atoms with E-state index < -0.39 is 5.54 Å². The summed E-state index contributed by atoms with van der Waals surface area (Å²) in [5.74, 6) is -0.161. The number of carbonyl (C=O) groups excluding carboxylic acids is 1. The smallest absolute Gasteiger partial charge is 0.244 e. The SMILES string of the molecule is CCCC(C)(N)C(=O)Nc1cccc2ncccc12. The van der Waals surface area contributed by atoms with E-state index in [0.29, 0.717) is 6.42 Å². The minimum absolute atomic E-state index is 0.161. The third-order valence-corrected chi connectivity index (χ3v) is 3.18. The summed E-state index contributed by atoms with van der Waals surface area (Å²) in [6.07, 6.45) is 3.26. The number of nitrogens with zero attached hydrogens (tertiary/aromatic N) is 1. The Hall–Kier alpha value is -1.94. The Labute approximate surface area is 113 Å². The van der Waals surface area contributed by atoms with E-state index in [1.165, 1.54) is 0 Å². The van der Waals surface area contributed by atoms with Crippen LogP contribution in [0.2, 0.25) is 0 Å². The van der Waals surface area contributed by atoms with Crippen molar-refractivity contribution in [2.45, 2.75) is 32.2 Å². The predicted molar refractivity (Wildman–Crippen MR) is 77.9 cm³/mol. The number of nitrogens with one attached hydrogen (secondary N) is 1. The van der Waals surface area contributed by atoms with Crippen LogP contribution >= 0.6 is 0 Å². The Morgan fingerprint density at radius 2 is 2.16 bits per heavy atom. The van der Waals surface area contributed by atoms with Crippen molar-refractivity contribution in [1.29, 1.82) is 0 Å². The number of aromatic nitrogens is 1. The van der Waals surface area contributed by atoms with E-state index in [4.69, 9.17) is 5.73 Å². The second-order valence-electron chi connectivity index (χ2n) is 5.00. The molecule has 0 aliphatic carbocycles. The van der Waals surface area contributed by atoms with Crippen LogP contribution in [0, 0.1) is 0 Å². The maximum Gasteiger partial charge on any atom is 0.244 e. The lowest BCUT2D eigenvalue weighted by Gasteiger charge is -2.23. The van der Waals surface area contributed by atoms with Gasteiger partial charge in [-0.1, -0.05) is 19.4 Å². The lowest BCUT2D eigenvalue weighted by molar-refractivity contribution is -0.120. The molecule has 0 saturated heterocycles. The molecule has 3 N–H and O–H groups in total. The van der Waals surface area contributed by atoms with Gasteiger partial charge in [0.1, 0.15) is 0 Å². The molecule has 0 fully saturated rings. The molecule has 4 heteroatoms. The second-order valence-corrected chi connectivity index (χ2v) is 5.00. The van der Waals surface area contributed by atoms with Gasteiger partial charge in [0.05, 0.1) is 16.7 Å². The summed E-state index contributed by atoms with van der Waals surface area (Å²) in [6.45, 7) is 3.77. The Bertz CT molecular complexity index is 587. The van der Waals surface area contributed by atoms with Gasteiger partial charge in [-0.15, -0.1) is 0 Å². The van der Waals surface area contributed by atoms with Gasteiger partial charge in [-0.05, 0) is 37.6 Å². The number of amides is 1. The minimum atomic E-state index is -0.848. The first-order valence-electron chi connectivity index (χ1n) is 6.48. The summed E-state index contributed by atoms with van der Waals surface area (Å²) in [5, 5.41) is 3.83. The van der Waals surface area contributed by atoms with Crippen LogP contribution in [0.1, 0.15) is 26.7 Å². The summed E-state index contributed by atoms with van der Waals surface area (Å²) in [4.78, 5) is 16.5. The van der Waals surface area contributed by atoms with Crippen molar-refractivity contribution in [2.75, 3.05) is 5.32 Å². The molecule has 1 aromatic heterocycles. The summed E-state index contributed by atoms with van der Waals surface area (Å²) in [5.41, 5.74) is 6.80. The van der Waals surface area contributed by atoms with E-state index in [9.17, 15) is 4.79 Å². The van der Waals surface area contributed by atoms with Gasteiger partial charge in [-0.3, -0.25) is 9.78 Å². The molecule has 1 heterocycles. The molecule has 19 heavy (non-hydrogen) atoms. The molecule has 1 aromatic carbocycles. The summed E-state index contributed by atoms with van der Waals surface area (Å²) in [7, 11) is 0. The second kappa shape index (κ2) is 5.36. The van der Waals surface area contributed by atoms with E-state index in [1.54, 1.807) is 13.1 Å². The van der Waals surface area contributed by atoms with Gasteiger partial charge in [0.15, 0.2) is 0 Å². The Morgan fingerprint density at radius 1 is 1.37 bits per heavy atom. The van der Waals surface area contributed by atoms with Gasteiger partial charge in [-0.25, -0.2) is 0 Å². The average molecular weight is 257 g/mol. The number of pyridine rings is 1. The van der Waals surface area contributed by atoms with Crippen LogP contribution in [0.25, 0.3) is 10.9 Å². The molecule has 1 atom stereocenters. The number of fused-ring (bicyclic) bond motifs is 1. The maximum atomic E-state index is 12.2. The number of hydrogen-bond acceptors (Lipinski definition) is 3. The number of nitrogens with two attached hydrogens (primary N) is 1. The molecule has 1 amide bonds. The molecule has 2 aromatic rings. The van der Waals surface area contributed by atoms with Gasteiger partial charge in [0.25, 0.3) is 0 Å². The monoisotopic (exact) mass is 257 g/mol. The quantitative estimate of drug-likeness (QED) is 0.884. The highest BCUT2D eigenvalue weighted by atomic mass is 16.2. The Morgan fingerprint density at radius 3 is 2.89 bits per heavy atom. The zero-order valence-corrected chi connectivity index (χ0v) is 11.3. The largest absolute Gasteiger partial charge is 0.324 e. The highest BCUT2D eigenvalue weighted by Gasteiger charge is 2.27. The zero-order valence-electron chi connectivity index (χ0n) is 11.3. The summed E-state index contributed by atoms with van der Waals surface area (Å²) >= 11 is 0. The molecule has 2 rings (SSSR count). The van der Waals surface area contributed by atoms with Crippen molar-refractivity contribution >= 4 is 22.5 Å². The van der Waals surface area contributed by atoms with Crippen molar-refractivity contribution in [3.05, 3.63) is 36.5 Å². The fraction of sp³-hybridized carbons (Fsp3) is 0.333. The van der Waals surface area contributed by atoms with Crippen LogP contribution in [0.15, 0.2) is 36.5 Å². The first-order valence-corrected chi connectivity index (χ1v) is 6.48. The normalized spacial score (nSPS) is 14.1. The van der Waals surface area contributed by atoms with Gasteiger partial charge in [0, 0.05) is 11.6 Å². The standard InChI is InChI=1S/C15H19N3O/c1-3-9-15(2,16)14(19)18-13-8-4-7-12-11(13)6-5-10-17-12/h4-8,10H,3,9,16H2,1-2H3,(H,18,19). The zero-order chi connectivity index (χ0) is 13.9. The fourth-order valence-corrected chi connectivity index (χ4v) is 2.11. The fourth-order valence-electron chi connectivity index (χ4n) is 2.11. The van der Waals surface area contributed by atoms with E-state index in [-0.39, 0.29) is 5.91 Å². The van der Waals surface area contributed by atoms with Crippen molar-refractivity contribution in [1.82, 2.24) is 4.98 Å². The highest BCUT2D eigenvalue weighted by molar-refractivity contribution is 6.04. The van der Waals surface area contributed by atoms with Crippen LogP contribution in [0.4, 0.5) is 5.69 Å². The van der Waals surface area contributed by atoms with Crippen LogP contribution in [-0.2, 0) is 4.79 Å². The molecular weight excluding hydrogens is 238 g/mol. The molecular formula is C15H19N3O. The molecule has 0 aliphatic heterocycles. The molecule has 0 bridgehead atoms. The number of rotatable bonds is 4. The lowest BCUT2D eigenvalue weighted by Crippen LogP contribution is -2.48. The number of benzene rings is 1. The number of hydrogen-bond donors (Lipinski definition) is 2. The van der Waals surface area contributed by atoms with Crippen molar-refractivity contribution < 1.29 is 4.79 Å². The maximum absolute atomic E-state index is 12.2. The third-order valence-electron chi connectivity index (χ3n) is 3.18. The lowest BCUT2D eigenvalue weighted by atomic mass is 9.96. The first kappa shape index (κ1) is 13.5. The summed E-state index contributed by atoms with van der Waals surface area (Å²) in [6, 6.07) is 9.44. The van der Waals surface area contributed by atoms with Gasteiger partial charge >= 0.3 is 0 Å². The summed E-state index contributed by atoms with van der Waals surface area (Å²) < 4.78 is 0. The van der Waals surface area contributed by atoms with Crippen LogP contribution < -0.4 is 11.1 Å². The molecule has 0 saturated carbocycles.